The first-order valence-corrected chi connectivity index (χ1v) is 6.41. The van der Waals surface area contributed by atoms with Crippen molar-refractivity contribution in [1.82, 2.24) is 9.55 Å². The molecule has 4 nitrogen and oxygen atoms in total. The van der Waals surface area contributed by atoms with Crippen molar-refractivity contribution in [2.75, 3.05) is 11.9 Å². The second-order valence-electron chi connectivity index (χ2n) is 3.90. The molecule has 0 spiro atoms. The lowest BCUT2D eigenvalue weighted by atomic mass is 10.2. The zero-order chi connectivity index (χ0) is 13.0. The molecule has 0 radical (unpaired) electrons. The third-order valence-electron chi connectivity index (χ3n) is 2.69. The van der Waals surface area contributed by atoms with E-state index in [1.165, 1.54) is 0 Å². The Morgan fingerprint density at radius 3 is 3.00 bits per heavy atom. The third kappa shape index (κ3) is 2.90. The lowest BCUT2D eigenvalue weighted by Crippen LogP contribution is -2.11. The highest BCUT2D eigenvalue weighted by atomic mass is 79.9. The number of anilines is 1. The van der Waals surface area contributed by atoms with Gasteiger partial charge in [-0.25, -0.2) is 4.98 Å². The maximum absolute atomic E-state index is 9.02. The van der Waals surface area contributed by atoms with Crippen molar-refractivity contribution in [3.63, 3.8) is 0 Å². The minimum atomic E-state index is 0.653. The van der Waals surface area contributed by atoms with E-state index >= 15 is 0 Å². The van der Waals surface area contributed by atoms with Crippen LogP contribution in [0.1, 0.15) is 11.4 Å². The highest BCUT2D eigenvalue weighted by Gasteiger charge is 2.02. The molecule has 2 rings (SSSR count). The number of hydrogen-bond acceptors (Lipinski definition) is 3. The first kappa shape index (κ1) is 12.7. The van der Waals surface area contributed by atoms with Crippen molar-refractivity contribution in [2.24, 2.45) is 0 Å². The number of halogens is 1. The van der Waals surface area contributed by atoms with Crippen LogP contribution in [-0.4, -0.2) is 16.1 Å². The molecular weight excluding hydrogens is 292 g/mol. The number of benzene rings is 1. The summed E-state index contributed by atoms with van der Waals surface area (Å²) in [5.41, 5.74) is 1.50. The van der Waals surface area contributed by atoms with Crippen LogP contribution in [0, 0.1) is 18.3 Å². The Morgan fingerprint density at radius 2 is 2.33 bits per heavy atom. The predicted molar refractivity (Wildman–Crippen MR) is 74.3 cm³/mol. The van der Waals surface area contributed by atoms with Gasteiger partial charge in [0.1, 0.15) is 11.9 Å². The van der Waals surface area contributed by atoms with E-state index in [-0.39, 0.29) is 0 Å². The molecule has 5 heteroatoms. The Balaban J connectivity index is 2.00. The molecule has 0 saturated carbocycles. The minimum Gasteiger partial charge on any atom is -0.382 e. The molecule has 1 heterocycles. The van der Waals surface area contributed by atoms with Crippen molar-refractivity contribution in [2.45, 2.75) is 13.5 Å². The van der Waals surface area contributed by atoms with Crippen LogP contribution in [0.4, 0.5) is 5.69 Å². The summed E-state index contributed by atoms with van der Waals surface area (Å²) in [6.07, 6.45) is 3.73. The van der Waals surface area contributed by atoms with E-state index in [4.69, 9.17) is 5.26 Å². The van der Waals surface area contributed by atoms with Crippen LogP contribution >= 0.6 is 15.9 Å². The SMILES string of the molecule is Cc1nccn1CCNc1cc(Br)ccc1C#N. The second-order valence-corrected chi connectivity index (χ2v) is 4.81. The molecule has 0 amide bonds. The Morgan fingerprint density at radius 1 is 1.50 bits per heavy atom. The minimum absolute atomic E-state index is 0.653. The zero-order valence-electron chi connectivity index (χ0n) is 10.0. The predicted octanol–water partition coefficient (Wildman–Crippen LogP) is 2.94. The molecule has 18 heavy (non-hydrogen) atoms. The normalized spacial score (nSPS) is 10.1. The second kappa shape index (κ2) is 5.69. The molecule has 0 atom stereocenters. The van der Waals surface area contributed by atoms with E-state index in [0.29, 0.717) is 5.56 Å². The van der Waals surface area contributed by atoms with Gasteiger partial charge in [-0.1, -0.05) is 15.9 Å². The lowest BCUT2D eigenvalue weighted by molar-refractivity contribution is 0.701. The van der Waals surface area contributed by atoms with Gasteiger partial charge >= 0.3 is 0 Å². The van der Waals surface area contributed by atoms with E-state index < -0.39 is 0 Å². The monoisotopic (exact) mass is 304 g/mol. The van der Waals surface area contributed by atoms with Gasteiger partial charge < -0.3 is 9.88 Å². The Kier molecular flexibility index (Phi) is 4.00. The van der Waals surface area contributed by atoms with Crippen LogP contribution in [0.15, 0.2) is 35.1 Å². The molecule has 0 saturated heterocycles. The molecule has 0 fully saturated rings. The van der Waals surface area contributed by atoms with Crippen LogP contribution in [0.3, 0.4) is 0 Å². The van der Waals surface area contributed by atoms with Crippen molar-refractivity contribution in [1.29, 1.82) is 5.26 Å². The topological polar surface area (TPSA) is 53.6 Å². The smallest absolute Gasteiger partial charge is 0.105 e. The van der Waals surface area contributed by atoms with E-state index in [9.17, 15) is 0 Å². The van der Waals surface area contributed by atoms with Gasteiger partial charge in [0.15, 0.2) is 0 Å². The van der Waals surface area contributed by atoms with E-state index in [1.807, 2.05) is 25.3 Å². The molecule has 1 aromatic carbocycles. The summed E-state index contributed by atoms with van der Waals surface area (Å²) in [7, 11) is 0. The summed E-state index contributed by atoms with van der Waals surface area (Å²) in [5, 5.41) is 12.3. The molecule has 1 aromatic heterocycles. The van der Waals surface area contributed by atoms with Gasteiger partial charge in [-0.3, -0.25) is 0 Å². The van der Waals surface area contributed by atoms with E-state index in [2.05, 4.69) is 36.9 Å². The molecule has 0 aliphatic rings. The number of aromatic nitrogens is 2. The number of aryl methyl sites for hydroxylation is 1. The van der Waals surface area contributed by atoms with Gasteiger partial charge in [0.2, 0.25) is 0 Å². The molecule has 0 aliphatic heterocycles. The first-order chi connectivity index (χ1) is 8.70. The van der Waals surface area contributed by atoms with Crippen molar-refractivity contribution >= 4 is 21.6 Å². The lowest BCUT2D eigenvalue weighted by Gasteiger charge is -2.10. The third-order valence-corrected chi connectivity index (χ3v) is 3.19. The van der Waals surface area contributed by atoms with Crippen molar-refractivity contribution in [3.8, 4) is 6.07 Å². The van der Waals surface area contributed by atoms with Gasteiger partial charge in [-0.05, 0) is 25.1 Å². The quantitative estimate of drug-likeness (QED) is 0.945. The largest absolute Gasteiger partial charge is 0.382 e. The molecule has 0 unspecified atom stereocenters. The van der Waals surface area contributed by atoms with Gasteiger partial charge in [0, 0.05) is 30.0 Å². The molecular formula is C13H13BrN4. The highest BCUT2D eigenvalue weighted by molar-refractivity contribution is 9.10. The van der Waals surface area contributed by atoms with Crippen LogP contribution in [0.5, 0.6) is 0 Å². The van der Waals surface area contributed by atoms with Crippen LogP contribution in [0.2, 0.25) is 0 Å². The van der Waals surface area contributed by atoms with Gasteiger partial charge in [-0.15, -0.1) is 0 Å². The number of nitrogens with one attached hydrogen (secondary N) is 1. The average Bonchev–Trinajstić information content (AvgIpc) is 2.76. The fourth-order valence-electron chi connectivity index (χ4n) is 1.71. The van der Waals surface area contributed by atoms with Gasteiger partial charge in [-0.2, -0.15) is 5.26 Å². The highest BCUT2D eigenvalue weighted by Crippen LogP contribution is 2.20. The number of rotatable bonds is 4. The summed E-state index contributed by atoms with van der Waals surface area (Å²) in [6.45, 7) is 3.55. The van der Waals surface area contributed by atoms with Crippen molar-refractivity contribution < 1.29 is 0 Å². The fourth-order valence-corrected chi connectivity index (χ4v) is 2.07. The standard InChI is InChI=1S/C13H13BrN4/c1-10-16-4-6-18(10)7-5-17-13-8-12(14)3-2-11(13)9-15/h2-4,6,8,17H,5,7H2,1H3. The summed E-state index contributed by atoms with van der Waals surface area (Å²) in [6, 6.07) is 7.76. The number of hydrogen-bond donors (Lipinski definition) is 1. The summed E-state index contributed by atoms with van der Waals surface area (Å²) < 4.78 is 3.03. The summed E-state index contributed by atoms with van der Waals surface area (Å²) in [4.78, 5) is 4.17. The maximum atomic E-state index is 9.02. The van der Waals surface area contributed by atoms with Crippen LogP contribution in [-0.2, 0) is 6.54 Å². The van der Waals surface area contributed by atoms with Gasteiger partial charge in [0.05, 0.1) is 11.3 Å². The van der Waals surface area contributed by atoms with Crippen LogP contribution < -0.4 is 5.32 Å². The maximum Gasteiger partial charge on any atom is 0.105 e. The Hall–Kier alpha value is -1.80. The Labute approximate surface area is 114 Å². The van der Waals surface area contributed by atoms with E-state index in [0.717, 1.165) is 29.1 Å². The summed E-state index contributed by atoms with van der Waals surface area (Å²) >= 11 is 3.40. The number of imidazole rings is 1. The molecule has 2 aromatic rings. The molecule has 1 N–H and O–H groups in total. The molecule has 0 bridgehead atoms. The summed E-state index contributed by atoms with van der Waals surface area (Å²) in [5.74, 6) is 0.992. The molecule has 0 aliphatic carbocycles. The first-order valence-electron chi connectivity index (χ1n) is 5.62. The number of nitrogens with zero attached hydrogens (tertiary/aromatic N) is 3. The Bertz CT molecular complexity index is 583. The van der Waals surface area contributed by atoms with Crippen LogP contribution in [0.25, 0.3) is 0 Å². The van der Waals surface area contributed by atoms with Gasteiger partial charge in [0.25, 0.3) is 0 Å². The fraction of sp³-hybridized carbons (Fsp3) is 0.231. The van der Waals surface area contributed by atoms with E-state index in [1.54, 1.807) is 12.3 Å². The molecule has 92 valence electrons. The number of nitriles is 1. The van der Waals surface area contributed by atoms with Crippen molar-refractivity contribution in [3.05, 3.63) is 46.5 Å². The zero-order valence-corrected chi connectivity index (χ0v) is 11.6. The average molecular weight is 305 g/mol.